The minimum Gasteiger partial charge on any atom is -0.0839 e. The van der Waals surface area contributed by atoms with Gasteiger partial charge in [-0.1, -0.05) is 65.3 Å². The van der Waals surface area contributed by atoms with Crippen molar-refractivity contribution in [2.75, 3.05) is 0 Å². The van der Waals surface area contributed by atoms with Gasteiger partial charge in [0.05, 0.1) is 0 Å². The van der Waals surface area contributed by atoms with Crippen LogP contribution in [0.25, 0.3) is 0 Å². The van der Waals surface area contributed by atoms with Crippen LogP contribution in [0.15, 0.2) is 23.8 Å². The van der Waals surface area contributed by atoms with Gasteiger partial charge in [-0.05, 0) is 85.4 Å². The van der Waals surface area contributed by atoms with Crippen LogP contribution in [-0.2, 0) is 0 Å². The third-order valence-electron chi connectivity index (χ3n) is 7.63. The highest BCUT2D eigenvalue weighted by atomic mass is 14.4. The minimum absolute atomic E-state index is 0.699. The molecular formula is C24H40. The Kier molecular flexibility index (Phi) is 5.62. The number of rotatable bonds is 2. The maximum absolute atomic E-state index is 2.74. The second kappa shape index (κ2) is 7.38. The van der Waals surface area contributed by atoms with Crippen molar-refractivity contribution >= 4 is 0 Å². The van der Waals surface area contributed by atoms with Gasteiger partial charge in [0.1, 0.15) is 0 Å². The maximum Gasteiger partial charge on any atom is -0.00171 e. The van der Waals surface area contributed by atoms with Crippen LogP contribution in [0.5, 0.6) is 0 Å². The van der Waals surface area contributed by atoms with Crippen molar-refractivity contribution in [3.05, 3.63) is 23.8 Å². The molecule has 0 aromatic heterocycles. The summed E-state index contributed by atoms with van der Waals surface area (Å²) in [7, 11) is 0. The van der Waals surface area contributed by atoms with E-state index in [1.165, 1.54) is 32.1 Å². The Hall–Kier alpha value is -0.520. The molecule has 136 valence electrons. The molecule has 5 atom stereocenters. The predicted molar refractivity (Wildman–Crippen MR) is 106 cm³/mol. The standard InChI is InChI=1S/C24H40/c1-15-10-17(3)23(18(4)11-15)21-8-7-9-22(14-21)24-19(5)12-16(2)13-20(24)6/h7-8,14-21,23-24H,9-13H2,1-6H3. The van der Waals surface area contributed by atoms with E-state index in [1.807, 2.05) is 0 Å². The molecule has 0 amide bonds. The molecule has 0 spiro atoms. The van der Waals surface area contributed by atoms with Gasteiger partial charge in [0, 0.05) is 0 Å². The topological polar surface area (TPSA) is 0 Å². The summed E-state index contributed by atoms with van der Waals surface area (Å²) >= 11 is 0. The molecule has 0 saturated heterocycles. The fourth-order valence-electron chi connectivity index (χ4n) is 7.17. The van der Waals surface area contributed by atoms with Crippen LogP contribution in [-0.4, -0.2) is 0 Å². The zero-order chi connectivity index (χ0) is 17.4. The van der Waals surface area contributed by atoms with E-state index in [0.29, 0.717) is 5.92 Å². The van der Waals surface area contributed by atoms with Gasteiger partial charge in [0.15, 0.2) is 0 Å². The van der Waals surface area contributed by atoms with Crippen LogP contribution >= 0.6 is 0 Å². The summed E-state index contributed by atoms with van der Waals surface area (Å²) in [4.78, 5) is 0. The summed E-state index contributed by atoms with van der Waals surface area (Å²) < 4.78 is 0. The summed E-state index contributed by atoms with van der Waals surface area (Å²) in [6, 6.07) is 0. The van der Waals surface area contributed by atoms with Gasteiger partial charge in [-0.2, -0.15) is 0 Å². The van der Waals surface area contributed by atoms with Crippen molar-refractivity contribution in [1.82, 2.24) is 0 Å². The Morgan fingerprint density at radius 3 is 1.75 bits per heavy atom. The lowest BCUT2D eigenvalue weighted by Crippen LogP contribution is -2.35. The fourth-order valence-corrected chi connectivity index (χ4v) is 7.17. The van der Waals surface area contributed by atoms with Crippen molar-refractivity contribution < 1.29 is 0 Å². The van der Waals surface area contributed by atoms with Gasteiger partial charge in [0.25, 0.3) is 0 Å². The van der Waals surface area contributed by atoms with E-state index < -0.39 is 0 Å². The van der Waals surface area contributed by atoms with E-state index in [9.17, 15) is 0 Å². The molecule has 5 unspecified atom stereocenters. The van der Waals surface area contributed by atoms with E-state index in [4.69, 9.17) is 0 Å². The molecule has 0 bridgehead atoms. The highest BCUT2D eigenvalue weighted by Gasteiger charge is 2.38. The normalized spacial score (nSPS) is 49.8. The van der Waals surface area contributed by atoms with Gasteiger partial charge in [-0.3, -0.25) is 0 Å². The first-order chi connectivity index (χ1) is 11.4. The lowest BCUT2D eigenvalue weighted by molar-refractivity contribution is 0.112. The van der Waals surface area contributed by atoms with E-state index in [2.05, 4.69) is 59.8 Å². The predicted octanol–water partition coefficient (Wildman–Crippen LogP) is 7.13. The van der Waals surface area contributed by atoms with Crippen molar-refractivity contribution in [2.24, 2.45) is 53.3 Å². The molecule has 2 fully saturated rings. The van der Waals surface area contributed by atoms with Crippen molar-refractivity contribution in [3.8, 4) is 0 Å². The molecule has 3 aliphatic carbocycles. The van der Waals surface area contributed by atoms with E-state index in [0.717, 1.165) is 47.3 Å². The number of allylic oxidation sites excluding steroid dienone is 4. The van der Waals surface area contributed by atoms with Crippen LogP contribution in [0, 0.1) is 53.3 Å². The Morgan fingerprint density at radius 2 is 1.21 bits per heavy atom. The Morgan fingerprint density at radius 1 is 0.708 bits per heavy atom. The molecule has 3 rings (SSSR count). The van der Waals surface area contributed by atoms with E-state index in [-0.39, 0.29) is 0 Å². The molecule has 24 heavy (non-hydrogen) atoms. The number of hydrogen-bond donors (Lipinski definition) is 0. The lowest BCUT2D eigenvalue weighted by Gasteiger charge is -2.44. The molecule has 0 heteroatoms. The molecule has 0 nitrogen and oxygen atoms in total. The smallest absolute Gasteiger partial charge is 0.00171 e. The Labute approximate surface area is 151 Å². The van der Waals surface area contributed by atoms with Crippen LogP contribution in [0.2, 0.25) is 0 Å². The third-order valence-corrected chi connectivity index (χ3v) is 7.63. The van der Waals surface area contributed by atoms with Crippen LogP contribution < -0.4 is 0 Å². The molecular weight excluding hydrogens is 288 g/mol. The molecule has 3 aliphatic rings. The van der Waals surface area contributed by atoms with E-state index >= 15 is 0 Å². The lowest BCUT2D eigenvalue weighted by atomic mass is 9.61. The monoisotopic (exact) mass is 328 g/mol. The van der Waals surface area contributed by atoms with Crippen molar-refractivity contribution in [1.29, 1.82) is 0 Å². The summed E-state index contributed by atoms with van der Waals surface area (Å²) in [6.45, 7) is 15.0. The van der Waals surface area contributed by atoms with Gasteiger partial charge in [-0.15, -0.1) is 0 Å². The second-order valence-electron chi connectivity index (χ2n) is 10.1. The quantitative estimate of drug-likeness (QED) is 0.473. The molecule has 0 N–H and O–H groups in total. The average molecular weight is 329 g/mol. The first-order valence-corrected chi connectivity index (χ1v) is 10.7. The highest BCUT2D eigenvalue weighted by molar-refractivity contribution is 5.24. The molecule has 0 aromatic rings. The molecule has 0 aliphatic heterocycles. The van der Waals surface area contributed by atoms with Gasteiger partial charge >= 0.3 is 0 Å². The molecule has 0 aromatic carbocycles. The highest BCUT2D eigenvalue weighted by Crippen LogP contribution is 2.47. The van der Waals surface area contributed by atoms with E-state index in [1.54, 1.807) is 5.57 Å². The van der Waals surface area contributed by atoms with Crippen LogP contribution in [0.3, 0.4) is 0 Å². The summed E-state index contributed by atoms with van der Waals surface area (Å²) in [5.41, 5.74) is 1.78. The summed E-state index contributed by atoms with van der Waals surface area (Å²) in [5.74, 6) is 7.70. The fraction of sp³-hybridized carbons (Fsp3) is 0.833. The largest absolute Gasteiger partial charge is 0.0839 e. The summed E-state index contributed by atoms with van der Waals surface area (Å²) in [6.07, 6.45) is 14.7. The molecule has 0 heterocycles. The third kappa shape index (κ3) is 3.68. The van der Waals surface area contributed by atoms with Crippen molar-refractivity contribution in [3.63, 3.8) is 0 Å². The maximum atomic E-state index is 2.74. The first-order valence-electron chi connectivity index (χ1n) is 10.7. The Bertz CT molecular complexity index is 460. The van der Waals surface area contributed by atoms with Gasteiger partial charge < -0.3 is 0 Å². The zero-order valence-corrected chi connectivity index (χ0v) is 17.0. The average Bonchev–Trinajstić information content (AvgIpc) is 2.45. The molecule has 0 radical (unpaired) electrons. The molecule has 2 saturated carbocycles. The summed E-state index contributed by atoms with van der Waals surface area (Å²) in [5, 5.41) is 0. The second-order valence-corrected chi connectivity index (χ2v) is 10.1. The SMILES string of the molecule is CC1CC(C)C(C2=CC(C3C(C)CC(C)CC3C)C=CC2)C(C)C1. The van der Waals surface area contributed by atoms with Gasteiger partial charge in [-0.25, -0.2) is 0 Å². The zero-order valence-electron chi connectivity index (χ0n) is 17.0. The van der Waals surface area contributed by atoms with Crippen LogP contribution in [0.1, 0.15) is 73.6 Å². The minimum atomic E-state index is 0.699. The van der Waals surface area contributed by atoms with Crippen molar-refractivity contribution in [2.45, 2.75) is 73.6 Å². The Balaban J connectivity index is 1.79. The van der Waals surface area contributed by atoms with Gasteiger partial charge in [0.2, 0.25) is 0 Å². The van der Waals surface area contributed by atoms with Crippen LogP contribution in [0.4, 0.5) is 0 Å². The number of hydrogen-bond acceptors (Lipinski definition) is 0. The first kappa shape index (κ1) is 18.3.